The van der Waals surface area contributed by atoms with E-state index in [9.17, 15) is 4.79 Å². The zero-order chi connectivity index (χ0) is 15.5. The van der Waals surface area contributed by atoms with Gasteiger partial charge >= 0.3 is 0 Å². The molecule has 0 spiro atoms. The van der Waals surface area contributed by atoms with Crippen LogP contribution in [0, 0.1) is 6.92 Å². The average molecular weight is 298 g/mol. The summed E-state index contributed by atoms with van der Waals surface area (Å²) >= 11 is 0. The Morgan fingerprint density at radius 1 is 1.36 bits per heavy atom. The molecule has 2 heterocycles. The summed E-state index contributed by atoms with van der Waals surface area (Å²) < 4.78 is 1.92. The van der Waals surface area contributed by atoms with Gasteiger partial charge in [0.2, 0.25) is 5.91 Å². The van der Waals surface area contributed by atoms with E-state index in [1.54, 1.807) is 0 Å². The number of aromatic nitrogens is 2. The summed E-state index contributed by atoms with van der Waals surface area (Å²) in [6.07, 6.45) is 3.95. The molecule has 1 atom stereocenters. The summed E-state index contributed by atoms with van der Waals surface area (Å²) in [5, 5.41) is 7.31. The Kier molecular flexibility index (Phi) is 4.24. The van der Waals surface area contributed by atoms with Crippen LogP contribution in [0.4, 0.5) is 0 Å². The van der Waals surface area contributed by atoms with Crippen LogP contribution in [0.2, 0.25) is 0 Å². The third kappa shape index (κ3) is 2.90. The van der Waals surface area contributed by atoms with Gasteiger partial charge in [-0.15, -0.1) is 0 Å². The first-order chi connectivity index (χ1) is 10.7. The number of benzene rings is 1. The topological polar surface area (TPSA) is 50.2 Å². The summed E-state index contributed by atoms with van der Waals surface area (Å²) in [5.74, 6) is 0.0865. The predicted octanol–water partition coefficient (Wildman–Crippen LogP) is 1.88. The number of nitrogens with one attached hydrogen (secondary N) is 1. The number of piperazine rings is 1. The highest BCUT2D eigenvalue weighted by molar-refractivity contribution is 5.84. The van der Waals surface area contributed by atoms with Gasteiger partial charge in [-0.25, -0.2) is 0 Å². The minimum Gasteiger partial charge on any atom is -0.353 e. The van der Waals surface area contributed by atoms with Gasteiger partial charge in [-0.05, 0) is 25.0 Å². The lowest BCUT2D eigenvalue weighted by molar-refractivity contribution is -0.129. The number of rotatable bonds is 4. The van der Waals surface area contributed by atoms with Crippen LogP contribution in [-0.4, -0.2) is 33.7 Å². The highest BCUT2D eigenvalue weighted by atomic mass is 16.2. The molecule has 1 aromatic carbocycles. The molecule has 1 aliphatic heterocycles. The molecule has 0 unspecified atom stereocenters. The largest absolute Gasteiger partial charge is 0.353 e. The van der Waals surface area contributed by atoms with E-state index < -0.39 is 0 Å². The molecule has 0 bridgehead atoms. The van der Waals surface area contributed by atoms with Crippen LogP contribution in [0.25, 0.3) is 0 Å². The molecule has 0 radical (unpaired) electrons. The number of carbonyl (C=O) groups excluding carboxylic acids is 1. The second kappa shape index (κ2) is 6.32. The molecule has 3 rings (SSSR count). The molecule has 1 saturated heterocycles. The van der Waals surface area contributed by atoms with E-state index in [0.717, 1.165) is 36.3 Å². The van der Waals surface area contributed by atoms with Crippen molar-refractivity contribution in [3.63, 3.8) is 0 Å². The number of amides is 1. The van der Waals surface area contributed by atoms with Crippen LogP contribution in [0.5, 0.6) is 0 Å². The second-order valence-electron chi connectivity index (χ2n) is 5.72. The second-order valence-corrected chi connectivity index (χ2v) is 5.72. The number of hydrogen-bond donors (Lipinski definition) is 1. The first-order valence-electron chi connectivity index (χ1n) is 7.77. The Morgan fingerprint density at radius 3 is 2.91 bits per heavy atom. The van der Waals surface area contributed by atoms with Crippen molar-refractivity contribution in [1.29, 1.82) is 0 Å². The highest BCUT2D eigenvalue weighted by Gasteiger charge is 2.32. The minimum atomic E-state index is -0.222. The maximum Gasteiger partial charge on any atom is 0.242 e. The molecular weight excluding hydrogens is 276 g/mol. The van der Waals surface area contributed by atoms with Crippen molar-refractivity contribution >= 4 is 5.91 Å². The molecule has 1 aliphatic rings. The first kappa shape index (κ1) is 14.8. The van der Waals surface area contributed by atoms with Gasteiger partial charge in [0.25, 0.3) is 0 Å². The van der Waals surface area contributed by atoms with Gasteiger partial charge in [0.05, 0.1) is 6.20 Å². The van der Waals surface area contributed by atoms with Gasteiger partial charge in [-0.3, -0.25) is 14.4 Å². The Morgan fingerprint density at radius 2 is 2.18 bits per heavy atom. The fourth-order valence-corrected chi connectivity index (χ4v) is 3.01. The van der Waals surface area contributed by atoms with Gasteiger partial charge in [0.1, 0.15) is 6.04 Å². The van der Waals surface area contributed by atoms with Gasteiger partial charge < -0.3 is 5.32 Å². The van der Waals surface area contributed by atoms with Crippen LogP contribution in [-0.2, 0) is 17.9 Å². The van der Waals surface area contributed by atoms with Crippen LogP contribution in [0.3, 0.4) is 0 Å². The lowest BCUT2D eigenvalue weighted by Gasteiger charge is -2.35. The zero-order valence-electron chi connectivity index (χ0n) is 13.1. The Labute approximate surface area is 130 Å². The standard InChI is InChI=1S/C17H22N4O/c1-3-21-12-14(10-19-21)11-20-9-8-18-17(22)16(20)15-7-5-4-6-13(15)2/h4-7,10,12,16H,3,8-9,11H2,1-2H3,(H,18,22)/t16-/m0/s1. The molecule has 2 aromatic rings. The van der Waals surface area contributed by atoms with E-state index in [0.29, 0.717) is 6.54 Å². The van der Waals surface area contributed by atoms with Crippen molar-refractivity contribution < 1.29 is 4.79 Å². The molecule has 0 aliphatic carbocycles. The predicted molar refractivity (Wildman–Crippen MR) is 85.2 cm³/mol. The molecule has 1 aromatic heterocycles. The normalized spacial score (nSPS) is 19.2. The van der Waals surface area contributed by atoms with Crippen molar-refractivity contribution in [2.24, 2.45) is 0 Å². The Hall–Kier alpha value is -2.14. The quantitative estimate of drug-likeness (QED) is 0.937. The monoisotopic (exact) mass is 298 g/mol. The summed E-state index contributed by atoms with van der Waals surface area (Å²) in [5.41, 5.74) is 3.39. The molecule has 1 amide bonds. The van der Waals surface area contributed by atoms with Crippen LogP contribution < -0.4 is 5.32 Å². The van der Waals surface area contributed by atoms with Gasteiger partial charge in [-0.2, -0.15) is 5.10 Å². The highest BCUT2D eigenvalue weighted by Crippen LogP contribution is 2.27. The zero-order valence-corrected chi connectivity index (χ0v) is 13.1. The van der Waals surface area contributed by atoms with Crippen LogP contribution in [0.1, 0.15) is 29.7 Å². The molecule has 1 N–H and O–H groups in total. The molecule has 5 nitrogen and oxygen atoms in total. The molecule has 0 saturated carbocycles. The number of aryl methyl sites for hydroxylation is 2. The Balaban J connectivity index is 1.87. The number of hydrogen-bond acceptors (Lipinski definition) is 3. The molecular formula is C17H22N4O. The summed E-state index contributed by atoms with van der Waals surface area (Å²) in [7, 11) is 0. The van der Waals surface area contributed by atoms with Crippen molar-refractivity contribution in [2.75, 3.05) is 13.1 Å². The van der Waals surface area contributed by atoms with E-state index in [4.69, 9.17) is 0 Å². The maximum absolute atomic E-state index is 12.4. The van der Waals surface area contributed by atoms with Gasteiger partial charge in [0.15, 0.2) is 0 Å². The Bertz CT molecular complexity index is 664. The van der Waals surface area contributed by atoms with E-state index in [1.807, 2.05) is 29.1 Å². The SMILES string of the molecule is CCn1cc(CN2CCNC(=O)[C@@H]2c2ccccc2C)cn1. The molecule has 22 heavy (non-hydrogen) atoms. The van der Waals surface area contributed by atoms with Gasteiger partial charge in [-0.1, -0.05) is 24.3 Å². The first-order valence-corrected chi connectivity index (χ1v) is 7.77. The van der Waals surface area contributed by atoms with Gasteiger partial charge in [0, 0.05) is 37.9 Å². The van der Waals surface area contributed by atoms with Crippen LogP contribution in [0.15, 0.2) is 36.7 Å². The summed E-state index contributed by atoms with van der Waals surface area (Å²) in [6, 6.07) is 7.89. The van der Waals surface area contributed by atoms with E-state index >= 15 is 0 Å². The van der Waals surface area contributed by atoms with Crippen molar-refractivity contribution in [1.82, 2.24) is 20.0 Å². The van der Waals surface area contributed by atoms with Crippen LogP contribution >= 0.6 is 0 Å². The number of carbonyl (C=O) groups is 1. The fraction of sp³-hybridized carbons (Fsp3) is 0.412. The molecule has 1 fully saturated rings. The lowest BCUT2D eigenvalue weighted by Crippen LogP contribution is -2.49. The smallest absolute Gasteiger partial charge is 0.242 e. The average Bonchev–Trinajstić information content (AvgIpc) is 2.96. The van der Waals surface area contributed by atoms with Crippen molar-refractivity contribution in [3.05, 3.63) is 53.3 Å². The van der Waals surface area contributed by atoms with Crippen molar-refractivity contribution in [3.8, 4) is 0 Å². The number of nitrogens with zero attached hydrogens (tertiary/aromatic N) is 3. The van der Waals surface area contributed by atoms with Crippen molar-refractivity contribution in [2.45, 2.75) is 33.0 Å². The van der Waals surface area contributed by atoms with E-state index in [1.165, 1.54) is 0 Å². The van der Waals surface area contributed by atoms with E-state index in [2.05, 4.69) is 41.4 Å². The third-order valence-corrected chi connectivity index (χ3v) is 4.19. The summed E-state index contributed by atoms with van der Waals surface area (Å²) in [6.45, 7) is 7.28. The third-order valence-electron chi connectivity index (χ3n) is 4.19. The maximum atomic E-state index is 12.4. The molecule has 116 valence electrons. The molecule has 5 heteroatoms. The lowest BCUT2D eigenvalue weighted by atomic mass is 9.97. The summed E-state index contributed by atoms with van der Waals surface area (Å²) in [4.78, 5) is 14.7. The minimum absolute atomic E-state index is 0.0865. The fourth-order valence-electron chi connectivity index (χ4n) is 3.01. The van der Waals surface area contributed by atoms with E-state index in [-0.39, 0.29) is 11.9 Å².